The summed E-state index contributed by atoms with van der Waals surface area (Å²) in [6, 6.07) is 11.9. The molecule has 1 N–H and O–H groups in total. The molecule has 0 saturated carbocycles. The third kappa shape index (κ3) is 4.68. The van der Waals surface area contributed by atoms with E-state index in [0.717, 1.165) is 41.2 Å². The predicted molar refractivity (Wildman–Crippen MR) is 133 cm³/mol. The fourth-order valence-electron chi connectivity index (χ4n) is 4.77. The van der Waals surface area contributed by atoms with Crippen molar-refractivity contribution in [2.75, 3.05) is 39.3 Å². The molecule has 2 amide bonds. The van der Waals surface area contributed by atoms with Gasteiger partial charge in [0.1, 0.15) is 0 Å². The van der Waals surface area contributed by atoms with Gasteiger partial charge in [0.15, 0.2) is 11.5 Å². The molecule has 2 aromatic rings. The molecule has 0 radical (unpaired) electrons. The Kier molecular flexibility index (Phi) is 6.97. The molecule has 2 aromatic carbocycles. The van der Waals surface area contributed by atoms with E-state index in [2.05, 4.69) is 48.3 Å². The molecule has 1 fully saturated rings. The molecule has 3 atom stereocenters. The van der Waals surface area contributed by atoms with Crippen molar-refractivity contribution in [2.24, 2.45) is 5.10 Å². The van der Waals surface area contributed by atoms with Gasteiger partial charge >= 0.3 is 6.03 Å². The molecular formula is C26H34N4O4. The number of ether oxygens (including phenoxy) is 3. The van der Waals surface area contributed by atoms with Gasteiger partial charge in [-0.2, -0.15) is 5.10 Å². The SMILES string of the molecule is CNC(=O)N1N=C(c2ccc(N3C[C@@H](C)O[C@@H](C)C3)cc2)c2cc(OC)c(OC)cc2C[C@@H]1C. The third-order valence-electron chi connectivity index (χ3n) is 6.35. The number of anilines is 1. The summed E-state index contributed by atoms with van der Waals surface area (Å²) < 4.78 is 17.0. The quantitative estimate of drug-likeness (QED) is 0.744. The molecule has 182 valence electrons. The second kappa shape index (κ2) is 9.93. The number of nitrogens with one attached hydrogen (secondary N) is 1. The molecule has 0 spiro atoms. The van der Waals surface area contributed by atoms with Gasteiger partial charge in [0, 0.05) is 37.0 Å². The van der Waals surface area contributed by atoms with E-state index in [-0.39, 0.29) is 24.3 Å². The summed E-state index contributed by atoms with van der Waals surface area (Å²) >= 11 is 0. The van der Waals surface area contributed by atoms with E-state index in [1.54, 1.807) is 21.3 Å². The van der Waals surface area contributed by atoms with E-state index < -0.39 is 0 Å². The number of nitrogens with zero attached hydrogens (tertiary/aromatic N) is 3. The van der Waals surface area contributed by atoms with Crippen LogP contribution in [0.4, 0.5) is 10.5 Å². The highest BCUT2D eigenvalue weighted by molar-refractivity contribution is 6.14. The summed E-state index contributed by atoms with van der Waals surface area (Å²) in [6.45, 7) is 7.90. The van der Waals surface area contributed by atoms with Gasteiger partial charge in [-0.05, 0) is 57.0 Å². The monoisotopic (exact) mass is 466 g/mol. The normalized spacial score (nSPS) is 22.4. The van der Waals surface area contributed by atoms with E-state index in [4.69, 9.17) is 19.3 Å². The summed E-state index contributed by atoms with van der Waals surface area (Å²) in [5.74, 6) is 1.29. The number of hydrogen-bond donors (Lipinski definition) is 1. The van der Waals surface area contributed by atoms with Crippen molar-refractivity contribution in [1.29, 1.82) is 0 Å². The van der Waals surface area contributed by atoms with Gasteiger partial charge in [-0.15, -0.1) is 0 Å². The first-order chi connectivity index (χ1) is 16.3. The van der Waals surface area contributed by atoms with Gasteiger partial charge in [-0.1, -0.05) is 12.1 Å². The summed E-state index contributed by atoms with van der Waals surface area (Å²) in [6.07, 6.45) is 1.01. The second-order valence-corrected chi connectivity index (χ2v) is 8.97. The molecule has 34 heavy (non-hydrogen) atoms. The zero-order valence-electron chi connectivity index (χ0n) is 20.8. The molecule has 0 bridgehead atoms. The third-order valence-corrected chi connectivity index (χ3v) is 6.35. The van der Waals surface area contributed by atoms with Gasteiger partial charge in [0.25, 0.3) is 0 Å². The molecule has 0 aromatic heterocycles. The largest absolute Gasteiger partial charge is 0.493 e. The molecule has 2 aliphatic rings. The number of hydrogen-bond acceptors (Lipinski definition) is 6. The van der Waals surface area contributed by atoms with Crippen molar-refractivity contribution in [3.05, 3.63) is 53.1 Å². The van der Waals surface area contributed by atoms with Crippen molar-refractivity contribution in [3.8, 4) is 11.5 Å². The molecule has 1 saturated heterocycles. The molecule has 2 aliphatic heterocycles. The van der Waals surface area contributed by atoms with Gasteiger partial charge in [0.05, 0.1) is 38.2 Å². The number of hydrazone groups is 1. The summed E-state index contributed by atoms with van der Waals surface area (Å²) in [4.78, 5) is 15.0. The maximum atomic E-state index is 12.7. The fraction of sp³-hybridized carbons (Fsp3) is 0.462. The van der Waals surface area contributed by atoms with Crippen molar-refractivity contribution >= 4 is 17.4 Å². The van der Waals surface area contributed by atoms with Crippen LogP contribution in [0, 0.1) is 0 Å². The minimum Gasteiger partial charge on any atom is -0.493 e. The van der Waals surface area contributed by atoms with Crippen molar-refractivity contribution in [2.45, 2.75) is 45.4 Å². The van der Waals surface area contributed by atoms with Crippen molar-refractivity contribution in [3.63, 3.8) is 0 Å². The lowest BCUT2D eigenvalue weighted by atomic mass is 9.94. The molecule has 8 nitrogen and oxygen atoms in total. The number of amides is 2. The van der Waals surface area contributed by atoms with Crippen LogP contribution in [-0.4, -0.2) is 69.4 Å². The van der Waals surface area contributed by atoms with Gasteiger partial charge in [-0.25, -0.2) is 9.80 Å². The summed E-state index contributed by atoms with van der Waals surface area (Å²) in [7, 11) is 4.87. The first kappa shape index (κ1) is 23.9. The van der Waals surface area contributed by atoms with Crippen LogP contribution in [0.25, 0.3) is 0 Å². The lowest BCUT2D eigenvalue weighted by molar-refractivity contribution is -0.00521. The Bertz CT molecular complexity index is 1060. The second-order valence-electron chi connectivity index (χ2n) is 8.97. The molecule has 2 heterocycles. The topological polar surface area (TPSA) is 75.6 Å². The standard InChI is InChI=1S/C26H34N4O4/c1-16-11-20-12-23(32-5)24(33-6)13-22(20)25(28-30(16)26(31)27-4)19-7-9-21(10-8-19)29-14-17(2)34-18(3)15-29/h7-10,12-13,16-18H,11,14-15H2,1-6H3,(H,27,31)/t16-,17-,18+/m0/s1. The van der Waals surface area contributed by atoms with E-state index in [1.807, 2.05) is 19.1 Å². The Morgan fingerprint density at radius 1 is 1.03 bits per heavy atom. The molecule has 0 aliphatic carbocycles. The number of carbonyl (C=O) groups excluding carboxylic acids is 1. The van der Waals surface area contributed by atoms with Crippen LogP contribution in [-0.2, 0) is 11.2 Å². The smallest absolute Gasteiger partial charge is 0.337 e. The average molecular weight is 467 g/mol. The Morgan fingerprint density at radius 3 is 2.24 bits per heavy atom. The Balaban J connectivity index is 1.78. The Hall–Kier alpha value is -3.26. The maximum absolute atomic E-state index is 12.7. The molecular weight excluding hydrogens is 432 g/mol. The minimum atomic E-state index is -0.246. The first-order valence-electron chi connectivity index (χ1n) is 11.7. The maximum Gasteiger partial charge on any atom is 0.337 e. The number of urea groups is 1. The number of methoxy groups -OCH3 is 2. The zero-order valence-corrected chi connectivity index (χ0v) is 20.8. The van der Waals surface area contributed by atoms with Gasteiger partial charge < -0.3 is 24.4 Å². The van der Waals surface area contributed by atoms with Crippen molar-refractivity contribution < 1.29 is 19.0 Å². The zero-order chi connectivity index (χ0) is 24.4. The van der Waals surface area contributed by atoms with Crippen LogP contribution in [0.2, 0.25) is 0 Å². The van der Waals surface area contributed by atoms with Crippen molar-refractivity contribution in [1.82, 2.24) is 10.3 Å². The van der Waals surface area contributed by atoms with Gasteiger partial charge in [-0.3, -0.25) is 0 Å². The van der Waals surface area contributed by atoms with E-state index in [1.165, 1.54) is 5.01 Å². The van der Waals surface area contributed by atoms with Crippen LogP contribution >= 0.6 is 0 Å². The van der Waals surface area contributed by atoms with Crippen LogP contribution in [0.3, 0.4) is 0 Å². The van der Waals surface area contributed by atoms with Crippen LogP contribution in [0.15, 0.2) is 41.5 Å². The van der Waals surface area contributed by atoms with Crippen LogP contribution < -0.4 is 19.7 Å². The number of benzene rings is 2. The number of rotatable bonds is 4. The highest BCUT2D eigenvalue weighted by Gasteiger charge is 2.29. The highest BCUT2D eigenvalue weighted by atomic mass is 16.5. The van der Waals surface area contributed by atoms with Crippen LogP contribution in [0.1, 0.15) is 37.5 Å². The van der Waals surface area contributed by atoms with Crippen LogP contribution in [0.5, 0.6) is 11.5 Å². The Labute approximate surface area is 201 Å². The van der Waals surface area contributed by atoms with E-state index >= 15 is 0 Å². The fourth-order valence-corrected chi connectivity index (χ4v) is 4.77. The lowest BCUT2D eigenvalue weighted by Crippen LogP contribution is -2.45. The lowest BCUT2D eigenvalue weighted by Gasteiger charge is -2.36. The number of fused-ring (bicyclic) bond motifs is 1. The Morgan fingerprint density at radius 2 is 1.65 bits per heavy atom. The van der Waals surface area contributed by atoms with E-state index in [9.17, 15) is 4.79 Å². The summed E-state index contributed by atoms with van der Waals surface area (Å²) in [5, 5.41) is 9.07. The van der Waals surface area contributed by atoms with E-state index in [0.29, 0.717) is 17.9 Å². The van der Waals surface area contributed by atoms with Gasteiger partial charge in [0.2, 0.25) is 0 Å². The molecule has 4 rings (SSSR count). The first-order valence-corrected chi connectivity index (χ1v) is 11.7. The average Bonchev–Trinajstić information content (AvgIpc) is 2.97. The minimum absolute atomic E-state index is 0.134. The summed E-state index contributed by atoms with van der Waals surface area (Å²) in [5.41, 5.74) is 4.77. The molecule has 0 unspecified atom stereocenters. The molecule has 8 heteroatoms. The number of morpholine rings is 1. The highest BCUT2D eigenvalue weighted by Crippen LogP contribution is 2.35. The number of carbonyl (C=O) groups is 1. The predicted octanol–water partition coefficient (Wildman–Crippen LogP) is 3.66.